The Kier molecular flexibility index (Phi) is 3.32. The second-order valence-electron chi connectivity index (χ2n) is 6.33. The summed E-state index contributed by atoms with van der Waals surface area (Å²) >= 11 is 0. The zero-order valence-electron chi connectivity index (χ0n) is 11.8. The third-order valence-corrected chi connectivity index (χ3v) is 4.30. The van der Waals surface area contributed by atoms with E-state index < -0.39 is 0 Å². The van der Waals surface area contributed by atoms with Crippen molar-refractivity contribution < 1.29 is 5.11 Å². The summed E-state index contributed by atoms with van der Waals surface area (Å²) in [6.45, 7) is 4.48. The highest BCUT2D eigenvalue weighted by atomic mass is 16.3. The maximum Gasteiger partial charge on any atom is 0.0612 e. The summed E-state index contributed by atoms with van der Waals surface area (Å²) in [6.07, 6.45) is 2.79. The van der Waals surface area contributed by atoms with Gasteiger partial charge in [-0.25, -0.2) is 0 Å². The lowest BCUT2D eigenvalue weighted by molar-refractivity contribution is 0.0873. The third kappa shape index (κ3) is 2.52. The Labute approximate surface area is 115 Å². The molecule has 2 aromatic carbocycles. The molecule has 1 aliphatic carbocycles. The summed E-state index contributed by atoms with van der Waals surface area (Å²) in [5.74, 6) is 1.08. The molecular weight excluding hydrogens is 232 g/mol. The van der Waals surface area contributed by atoms with Gasteiger partial charge in [-0.3, -0.25) is 0 Å². The maximum absolute atomic E-state index is 10.3. The summed E-state index contributed by atoms with van der Waals surface area (Å²) in [7, 11) is 0. The second kappa shape index (κ2) is 4.97. The number of hydrogen-bond donors (Lipinski definition) is 1. The van der Waals surface area contributed by atoms with Gasteiger partial charge in [0.15, 0.2) is 0 Å². The standard InChI is InChI=1S/C18H22O/c1-12(2)7-17-10-15-8-13-5-3-4-6-14(13)9-16(15)11-18(17)19/h3-6,8-9,12,17-19H,7,10-11H2,1-2H3/t17-,18-/m0/s1. The van der Waals surface area contributed by atoms with Crippen LogP contribution in [0.2, 0.25) is 0 Å². The molecule has 0 amide bonds. The molecule has 0 bridgehead atoms. The molecule has 0 radical (unpaired) electrons. The molecule has 2 atom stereocenters. The van der Waals surface area contributed by atoms with Crippen molar-refractivity contribution in [1.82, 2.24) is 0 Å². The van der Waals surface area contributed by atoms with Crippen LogP contribution < -0.4 is 0 Å². The fourth-order valence-corrected chi connectivity index (χ4v) is 3.37. The molecule has 0 unspecified atom stereocenters. The van der Waals surface area contributed by atoms with E-state index in [2.05, 4.69) is 50.2 Å². The van der Waals surface area contributed by atoms with Crippen LogP contribution in [-0.4, -0.2) is 11.2 Å². The van der Waals surface area contributed by atoms with Crippen LogP contribution in [0.15, 0.2) is 36.4 Å². The minimum atomic E-state index is -0.170. The lowest BCUT2D eigenvalue weighted by Crippen LogP contribution is -2.31. The van der Waals surface area contributed by atoms with Gasteiger partial charge in [0.05, 0.1) is 6.10 Å². The number of fused-ring (bicyclic) bond motifs is 2. The van der Waals surface area contributed by atoms with Gasteiger partial charge >= 0.3 is 0 Å². The van der Waals surface area contributed by atoms with Crippen LogP contribution in [-0.2, 0) is 12.8 Å². The molecule has 0 heterocycles. The van der Waals surface area contributed by atoms with Crippen LogP contribution in [0.1, 0.15) is 31.4 Å². The number of aliphatic hydroxyl groups excluding tert-OH is 1. The number of rotatable bonds is 2. The first-order valence-electron chi connectivity index (χ1n) is 7.32. The van der Waals surface area contributed by atoms with Gasteiger partial charge in [0, 0.05) is 0 Å². The fourth-order valence-electron chi connectivity index (χ4n) is 3.37. The zero-order valence-corrected chi connectivity index (χ0v) is 11.8. The summed E-state index contributed by atoms with van der Waals surface area (Å²) < 4.78 is 0. The Morgan fingerprint density at radius 3 is 2.21 bits per heavy atom. The first-order chi connectivity index (χ1) is 9.13. The summed E-state index contributed by atoms with van der Waals surface area (Å²) in [6, 6.07) is 13.1. The van der Waals surface area contributed by atoms with Gasteiger partial charge < -0.3 is 5.11 Å². The van der Waals surface area contributed by atoms with E-state index in [0.29, 0.717) is 11.8 Å². The molecule has 1 aliphatic rings. The van der Waals surface area contributed by atoms with Crippen molar-refractivity contribution in [1.29, 1.82) is 0 Å². The van der Waals surface area contributed by atoms with Crippen molar-refractivity contribution in [2.45, 2.75) is 39.2 Å². The average molecular weight is 254 g/mol. The highest BCUT2D eigenvalue weighted by molar-refractivity contribution is 5.84. The van der Waals surface area contributed by atoms with Crippen LogP contribution in [0.3, 0.4) is 0 Å². The van der Waals surface area contributed by atoms with Gasteiger partial charge in [-0.05, 0) is 53.0 Å². The van der Waals surface area contributed by atoms with Crippen molar-refractivity contribution in [3.05, 3.63) is 47.5 Å². The van der Waals surface area contributed by atoms with Crippen LogP contribution >= 0.6 is 0 Å². The third-order valence-electron chi connectivity index (χ3n) is 4.30. The molecule has 19 heavy (non-hydrogen) atoms. The highest BCUT2D eigenvalue weighted by Gasteiger charge is 2.27. The van der Waals surface area contributed by atoms with E-state index in [9.17, 15) is 5.11 Å². The minimum absolute atomic E-state index is 0.170. The molecule has 0 fully saturated rings. The SMILES string of the molecule is CC(C)C[C@H]1Cc2cc3ccccc3cc2C[C@@H]1O. The largest absolute Gasteiger partial charge is 0.392 e. The van der Waals surface area contributed by atoms with Crippen molar-refractivity contribution in [2.75, 3.05) is 0 Å². The van der Waals surface area contributed by atoms with E-state index in [1.165, 1.54) is 21.9 Å². The Bertz CT molecular complexity index is 585. The number of benzene rings is 2. The molecule has 0 saturated heterocycles. The lowest BCUT2D eigenvalue weighted by atomic mass is 9.77. The molecule has 100 valence electrons. The van der Waals surface area contributed by atoms with Crippen molar-refractivity contribution in [3.63, 3.8) is 0 Å². The van der Waals surface area contributed by atoms with E-state index in [1.807, 2.05) is 0 Å². The number of aliphatic hydroxyl groups is 1. The summed E-state index contributed by atoms with van der Waals surface area (Å²) in [4.78, 5) is 0. The van der Waals surface area contributed by atoms with Crippen LogP contribution in [0, 0.1) is 11.8 Å². The smallest absolute Gasteiger partial charge is 0.0612 e. The predicted octanol–water partition coefficient (Wildman–Crippen LogP) is 3.96. The Morgan fingerprint density at radius 2 is 1.63 bits per heavy atom. The quantitative estimate of drug-likeness (QED) is 0.860. The van der Waals surface area contributed by atoms with Gasteiger partial charge in [-0.15, -0.1) is 0 Å². The topological polar surface area (TPSA) is 20.2 Å². The summed E-state index contributed by atoms with van der Waals surface area (Å²) in [5.41, 5.74) is 2.78. The molecule has 1 N–H and O–H groups in total. The van der Waals surface area contributed by atoms with Gasteiger partial charge in [-0.1, -0.05) is 50.2 Å². The molecule has 0 spiro atoms. The van der Waals surface area contributed by atoms with Crippen LogP contribution in [0.5, 0.6) is 0 Å². The van der Waals surface area contributed by atoms with E-state index in [1.54, 1.807) is 0 Å². The Balaban J connectivity index is 1.97. The first-order valence-corrected chi connectivity index (χ1v) is 7.32. The monoisotopic (exact) mass is 254 g/mol. The molecule has 0 aromatic heterocycles. The first kappa shape index (κ1) is 12.7. The summed E-state index contributed by atoms with van der Waals surface area (Å²) in [5, 5.41) is 12.9. The van der Waals surface area contributed by atoms with E-state index in [-0.39, 0.29) is 6.10 Å². The van der Waals surface area contributed by atoms with Gasteiger partial charge in [0.1, 0.15) is 0 Å². The second-order valence-corrected chi connectivity index (χ2v) is 6.33. The highest BCUT2D eigenvalue weighted by Crippen LogP contribution is 2.32. The van der Waals surface area contributed by atoms with Gasteiger partial charge in [0.25, 0.3) is 0 Å². The van der Waals surface area contributed by atoms with E-state index in [4.69, 9.17) is 0 Å². The van der Waals surface area contributed by atoms with Gasteiger partial charge in [0.2, 0.25) is 0 Å². The fraction of sp³-hybridized carbons (Fsp3) is 0.444. The molecule has 1 nitrogen and oxygen atoms in total. The predicted molar refractivity (Wildman–Crippen MR) is 80.3 cm³/mol. The lowest BCUT2D eigenvalue weighted by Gasteiger charge is -2.31. The molecule has 1 heteroatoms. The number of hydrogen-bond acceptors (Lipinski definition) is 1. The molecule has 0 aliphatic heterocycles. The zero-order chi connectivity index (χ0) is 13.4. The molecule has 3 rings (SSSR count). The maximum atomic E-state index is 10.3. The molecule has 0 saturated carbocycles. The molecule has 2 aromatic rings. The van der Waals surface area contributed by atoms with E-state index in [0.717, 1.165) is 19.3 Å². The Morgan fingerprint density at radius 1 is 1.05 bits per heavy atom. The van der Waals surface area contributed by atoms with Gasteiger partial charge in [-0.2, -0.15) is 0 Å². The van der Waals surface area contributed by atoms with Crippen molar-refractivity contribution >= 4 is 10.8 Å². The van der Waals surface area contributed by atoms with Crippen molar-refractivity contribution in [2.24, 2.45) is 11.8 Å². The van der Waals surface area contributed by atoms with Crippen LogP contribution in [0.4, 0.5) is 0 Å². The van der Waals surface area contributed by atoms with Crippen molar-refractivity contribution in [3.8, 4) is 0 Å². The van der Waals surface area contributed by atoms with E-state index >= 15 is 0 Å². The van der Waals surface area contributed by atoms with Crippen LogP contribution in [0.25, 0.3) is 10.8 Å². The Hall–Kier alpha value is -1.34. The minimum Gasteiger partial charge on any atom is -0.392 e. The normalized spacial score (nSPS) is 22.7. The molecular formula is C18H22O. The average Bonchev–Trinajstić information content (AvgIpc) is 2.37.